The zero-order valence-electron chi connectivity index (χ0n) is 8.10. The summed E-state index contributed by atoms with van der Waals surface area (Å²) in [6.45, 7) is 1.81. The highest BCUT2D eigenvalue weighted by molar-refractivity contribution is 5.94. The SMILES string of the molecule is Cc1ccc(-c2ccncc2C(=O)O)o1. The Morgan fingerprint density at radius 2 is 2.20 bits per heavy atom. The van der Waals surface area contributed by atoms with E-state index in [2.05, 4.69) is 4.98 Å². The second-order valence-corrected chi connectivity index (χ2v) is 3.14. The van der Waals surface area contributed by atoms with E-state index < -0.39 is 5.97 Å². The topological polar surface area (TPSA) is 63.3 Å². The van der Waals surface area contributed by atoms with E-state index in [-0.39, 0.29) is 5.56 Å². The molecule has 76 valence electrons. The van der Waals surface area contributed by atoms with E-state index in [1.54, 1.807) is 24.4 Å². The lowest BCUT2D eigenvalue weighted by Gasteiger charge is -2.01. The first-order valence-corrected chi connectivity index (χ1v) is 4.42. The van der Waals surface area contributed by atoms with Gasteiger partial charge in [-0.3, -0.25) is 4.98 Å². The van der Waals surface area contributed by atoms with E-state index in [1.165, 1.54) is 6.20 Å². The van der Waals surface area contributed by atoms with Gasteiger partial charge in [-0.2, -0.15) is 0 Å². The highest BCUT2D eigenvalue weighted by atomic mass is 16.4. The third-order valence-corrected chi connectivity index (χ3v) is 2.06. The van der Waals surface area contributed by atoms with E-state index in [4.69, 9.17) is 9.52 Å². The molecule has 0 aromatic carbocycles. The van der Waals surface area contributed by atoms with Crippen molar-refractivity contribution in [3.05, 3.63) is 41.9 Å². The van der Waals surface area contributed by atoms with Crippen molar-refractivity contribution in [2.45, 2.75) is 6.92 Å². The first-order valence-electron chi connectivity index (χ1n) is 4.42. The van der Waals surface area contributed by atoms with Crippen molar-refractivity contribution >= 4 is 5.97 Å². The van der Waals surface area contributed by atoms with E-state index in [9.17, 15) is 4.79 Å². The smallest absolute Gasteiger partial charge is 0.338 e. The van der Waals surface area contributed by atoms with Crippen LogP contribution in [0.3, 0.4) is 0 Å². The molecule has 2 aromatic heterocycles. The van der Waals surface area contributed by atoms with Crippen LogP contribution in [-0.4, -0.2) is 16.1 Å². The Labute approximate surface area is 86.2 Å². The first-order chi connectivity index (χ1) is 7.18. The molecular formula is C11H9NO3. The lowest BCUT2D eigenvalue weighted by atomic mass is 10.1. The van der Waals surface area contributed by atoms with Gasteiger partial charge in [-0.15, -0.1) is 0 Å². The summed E-state index contributed by atoms with van der Waals surface area (Å²) in [5.41, 5.74) is 0.692. The molecule has 1 N–H and O–H groups in total. The maximum atomic E-state index is 10.9. The van der Waals surface area contributed by atoms with Gasteiger partial charge in [0.1, 0.15) is 11.5 Å². The van der Waals surface area contributed by atoms with Crippen LogP contribution in [0.1, 0.15) is 16.1 Å². The van der Waals surface area contributed by atoms with Crippen LogP contribution in [0.2, 0.25) is 0 Å². The van der Waals surface area contributed by atoms with Gasteiger partial charge in [0.2, 0.25) is 0 Å². The van der Waals surface area contributed by atoms with Gasteiger partial charge in [0, 0.05) is 18.0 Å². The first kappa shape index (κ1) is 9.45. The lowest BCUT2D eigenvalue weighted by Crippen LogP contribution is -1.99. The highest BCUT2D eigenvalue weighted by Crippen LogP contribution is 2.24. The number of furan rings is 1. The zero-order valence-corrected chi connectivity index (χ0v) is 8.10. The fourth-order valence-electron chi connectivity index (χ4n) is 1.36. The number of carboxylic acids is 1. The number of carboxylic acid groups (broad SMARTS) is 1. The monoisotopic (exact) mass is 203 g/mol. The Hall–Kier alpha value is -2.10. The number of aromatic carboxylic acids is 1. The number of hydrogen-bond acceptors (Lipinski definition) is 3. The van der Waals surface area contributed by atoms with Crippen LogP contribution in [0.15, 0.2) is 35.0 Å². The van der Waals surface area contributed by atoms with Crippen molar-refractivity contribution in [3.8, 4) is 11.3 Å². The normalized spacial score (nSPS) is 10.2. The maximum absolute atomic E-state index is 10.9. The molecule has 0 aliphatic rings. The van der Waals surface area contributed by atoms with Gasteiger partial charge in [-0.05, 0) is 25.1 Å². The van der Waals surface area contributed by atoms with Crippen molar-refractivity contribution < 1.29 is 14.3 Å². The lowest BCUT2D eigenvalue weighted by molar-refractivity contribution is 0.0697. The molecule has 15 heavy (non-hydrogen) atoms. The number of hydrogen-bond donors (Lipinski definition) is 1. The molecule has 0 saturated carbocycles. The van der Waals surface area contributed by atoms with Crippen molar-refractivity contribution in [2.75, 3.05) is 0 Å². The number of nitrogens with zero attached hydrogens (tertiary/aromatic N) is 1. The van der Waals surface area contributed by atoms with Crippen molar-refractivity contribution in [2.24, 2.45) is 0 Å². The number of rotatable bonds is 2. The van der Waals surface area contributed by atoms with Crippen LogP contribution >= 0.6 is 0 Å². The minimum atomic E-state index is -1.01. The van der Waals surface area contributed by atoms with Crippen LogP contribution in [0.4, 0.5) is 0 Å². The third kappa shape index (κ3) is 1.74. The Bertz CT molecular complexity index is 502. The number of pyridine rings is 1. The van der Waals surface area contributed by atoms with Crippen molar-refractivity contribution in [1.29, 1.82) is 0 Å². The average molecular weight is 203 g/mol. The summed E-state index contributed by atoms with van der Waals surface area (Å²) >= 11 is 0. The fraction of sp³-hybridized carbons (Fsp3) is 0.0909. The Kier molecular flexibility index (Phi) is 2.25. The molecule has 0 aliphatic heterocycles. The quantitative estimate of drug-likeness (QED) is 0.813. The van der Waals surface area contributed by atoms with E-state index >= 15 is 0 Å². The van der Waals surface area contributed by atoms with Gasteiger partial charge >= 0.3 is 5.97 Å². The second kappa shape index (κ2) is 3.57. The summed E-state index contributed by atoms with van der Waals surface area (Å²) < 4.78 is 5.37. The summed E-state index contributed by atoms with van der Waals surface area (Å²) in [7, 11) is 0. The molecule has 0 radical (unpaired) electrons. The van der Waals surface area contributed by atoms with Gasteiger partial charge in [-0.25, -0.2) is 4.79 Å². The van der Waals surface area contributed by atoms with E-state index in [1.807, 2.05) is 6.92 Å². The molecule has 0 fully saturated rings. The highest BCUT2D eigenvalue weighted by Gasteiger charge is 2.13. The molecular weight excluding hydrogens is 194 g/mol. The number of aryl methyl sites for hydroxylation is 1. The molecule has 0 atom stereocenters. The largest absolute Gasteiger partial charge is 0.478 e. The van der Waals surface area contributed by atoms with Gasteiger partial charge < -0.3 is 9.52 Å². The molecule has 0 bridgehead atoms. The molecule has 0 amide bonds. The van der Waals surface area contributed by atoms with Gasteiger partial charge in [0.25, 0.3) is 0 Å². The van der Waals surface area contributed by atoms with Gasteiger partial charge in [0.15, 0.2) is 0 Å². The molecule has 2 aromatic rings. The summed E-state index contributed by atoms with van der Waals surface area (Å²) in [5, 5.41) is 8.95. The summed E-state index contributed by atoms with van der Waals surface area (Å²) in [5.74, 6) is 0.289. The Morgan fingerprint density at radius 3 is 2.80 bits per heavy atom. The molecule has 0 unspecified atom stereocenters. The zero-order chi connectivity index (χ0) is 10.8. The average Bonchev–Trinajstić information content (AvgIpc) is 2.65. The third-order valence-electron chi connectivity index (χ3n) is 2.06. The Morgan fingerprint density at radius 1 is 1.40 bits per heavy atom. The van der Waals surface area contributed by atoms with Crippen LogP contribution in [-0.2, 0) is 0 Å². The standard InChI is InChI=1S/C11H9NO3/c1-7-2-3-10(15-7)8-4-5-12-6-9(8)11(13)14/h2-6H,1H3,(H,13,14). The minimum absolute atomic E-state index is 0.145. The summed E-state index contributed by atoms with van der Waals surface area (Å²) in [4.78, 5) is 14.7. The summed E-state index contributed by atoms with van der Waals surface area (Å²) in [6, 6.07) is 5.17. The number of carbonyl (C=O) groups is 1. The molecule has 0 spiro atoms. The number of aromatic nitrogens is 1. The van der Waals surface area contributed by atoms with Crippen molar-refractivity contribution in [1.82, 2.24) is 4.98 Å². The predicted molar refractivity (Wildman–Crippen MR) is 53.6 cm³/mol. The van der Waals surface area contributed by atoms with Crippen LogP contribution in [0.25, 0.3) is 11.3 Å². The molecule has 2 rings (SSSR count). The minimum Gasteiger partial charge on any atom is -0.478 e. The fourth-order valence-corrected chi connectivity index (χ4v) is 1.36. The van der Waals surface area contributed by atoms with E-state index in [0.717, 1.165) is 5.76 Å². The second-order valence-electron chi connectivity index (χ2n) is 3.14. The summed E-state index contributed by atoms with van der Waals surface area (Å²) in [6.07, 6.45) is 2.86. The molecule has 4 heteroatoms. The van der Waals surface area contributed by atoms with Crippen LogP contribution in [0.5, 0.6) is 0 Å². The predicted octanol–water partition coefficient (Wildman–Crippen LogP) is 2.35. The molecule has 0 aliphatic carbocycles. The molecule has 2 heterocycles. The molecule has 0 saturated heterocycles. The van der Waals surface area contributed by atoms with E-state index in [0.29, 0.717) is 11.3 Å². The van der Waals surface area contributed by atoms with Gasteiger partial charge in [-0.1, -0.05) is 0 Å². The van der Waals surface area contributed by atoms with Crippen molar-refractivity contribution in [3.63, 3.8) is 0 Å². The van der Waals surface area contributed by atoms with Gasteiger partial charge in [0.05, 0.1) is 5.56 Å². The maximum Gasteiger partial charge on any atom is 0.338 e. The Balaban J connectivity index is 2.57. The van der Waals surface area contributed by atoms with Crippen LogP contribution < -0.4 is 0 Å². The molecule has 4 nitrogen and oxygen atoms in total. The van der Waals surface area contributed by atoms with Crippen LogP contribution in [0, 0.1) is 6.92 Å².